The highest BCUT2D eigenvalue weighted by molar-refractivity contribution is 7.80. The molecule has 0 aliphatic carbocycles. The van der Waals surface area contributed by atoms with E-state index in [0.717, 1.165) is 56.1 Å². The van der Waals surface area contributed by atoms with Crippen molar-refractivity contribution < 1.29 is 19.1 Å². The Morgan fingerprint density at radius 1 is 0.846 bits per heavy atom. The molecule has 5 rings (SSSR count). The lowest BCUT2D eigenvalue weighted by Crippen LogP contribution is -2.36. The van der Waals surface area contributed by atoms with Crippen LogP contribution in [0.25, 0.3) is 17.0 Å². The van der Waals surface area contributed by atoms with E-state index in [9.17, 15) is 19.5 Å². The number of unbranched alkanes of at least 4 members (excludes halogenated alkanes) is 15. The van der Waals surface area contributed by atoms with Crippen LogP contribution in [-0.2, 0) is 9.59 Å². The number of hydrogen-bond acceptors (Lipinski definition) is 6. The lowest BCUT2D eigenvalue weighted by molar-refractivity contribution is -0.137. The highest BCUT2D eigenvalue weighted by Crippen LogP contribution is 2.47. The predicted molar refractivity (Wildman–Crippen MR) is 216 cm³/mol. The number of benzene rings is 1. The van der Waals surface area contributed by atoms with Crippen LogP contribution in [0.4, 0.5) is 5.69 Å². The third kappa shape index (κ3) is 9.94. The summed E-state index contributed by atoms with van der Waals surface area (Å²) in [4.78, 5) is 43.8. The summed E-state index contributed by atoms with van der Waals surface area (Å²) in [6, 6.07) is 4.05. The van der Waals surface area contributed by atoms with Gasteiger partial charge in [0.05, 0.1) is 5.56 Å². The van der Waals surface area contributed by atoms with Gasteiger partial charge in [-0.3, -0.25) is 14.5 Å². The average Bonchev–Trinajstić information content (AvgIpc) is 3.33. The largest absolute Gasteiger partial charge is 0.480 e. The molecule has 8 nitrogen and oxygen atoms in total. The van der Waals surface area contributed by atoms with Gasteiger partial charge in [0.25, 0.3) is 5.91 Å². The number of carboxylic acid groups (broad SMARTS) is 1. The second-order valence-corrected chi connectivity index (χ2v) is 15.8. The monoisotopic (exact) mass is 731 g/mol. The molecule has 1 amide bonds. The molecule has 0 bridgehead atoms. The molecule has 3 aliphatic heterocycles. The number of nitrogens with zero attached hydrogens (tertiary/aromatic N) is 3. The van der Waals surface area contributed by atoms with Crippen LogP contribution in [0.3, 0.4) is 0 Å². The number of fused-ring (bicyclic) bond motifs is 2. The number of carbonyl (C=O) groups excluding carboxylic acids is 1. The van der Waals surface area contributed by atoms with Crippen LogP contribution >= 0.6 is 12.2 Å². The van der Waals surface area contributed by atoms with E-state index in [2.05, 4.69) is 31.7 Å². The molecule has 0 radical (unpaired) electrons. The number of aliphatic carboxylic acids is 1. The quantitative estimate of drug-likeness (QED) is 0.0587. The molecule has 0 spiro atoms. The minimum Gasteiger partial charge on any atom is -0.480 e. The average molecular weight is 732 g/mol. The van der Waals surface area contributed by atoms with Gasteiger partial charge in [-0.15, -0.1) is 0 Å². The first-order chi connectivity index (χ1) is 25.2. The van der Waals surface area contributed by atoms with Crippen molar-refractivity contribution in [2.45, 2.75) is 148 Å². The van der Waals surface area contributed by atoms with Gasteiger partial charge in [-0.25, -0.2) is 4.79 Å². The molecule has 1 saturated heterocycles. The molecule has 284 valence electrons. The molecule has 9 heteroatoms. The number of hydrogen-bond donors (Lipinski definition) is 1. The second-order valence-electron chi connectivity index (χ2n) is 15.4. The van der Waals surface area contributed by atoms with Gasteiger partial charge in [0.1, 0.15) is 17.8 Å². The van der Waals surface area contributed by atoms with Crippen LogP contribution in [0.15, 0.2) is 39.2 Å². The van der Waals surface area contributed by atoms with Gasteiger partial charge in [0.2, 0.25) is 0 Å². The van der Waals surface area contributed by atoms with Gasteiger partial charge in [-0.05, 0) is 73.2 Å². The van der Waals surface area contributed by atoms with Crippen LogP contribution < -0.4 is 10.5 Å². The van der Waals surface area contributed by atoms with Gasteiger partial charge >= 0.3 is 11.6 Å². The molecule has 1 N–H and O–H groups in total. The van der Waals surface area contributed by atoms with Crippen molar-refractivity contribution in [1.82, 2.24) is 9.80 Å². The minimum atomic E-state index is -1.07. The van der Waals surface area contributed by atoms with Crippen molar-refractivity contribution in [3.8, 4) is 0 Å². The molecule has 52 heavy (non-hydrogen) atoms. The summed E-state index contributed by atoms with van der Waals surface area (Å²) in [5.41, 5.74) is 4.50. The van der Waals surface area contributed by atoms with Gasteiger partial charge in [0.15, 0.2) is 5.11 Å². The Bertz CT molecular complexity index is 1680. The summed E-state index contributed by atoms with van der Waals surface area (Å²) in [5, 5.41) is 10.7. The highest BCUT2D eigenvalue weighted by atomic mass is 32.1. The maximum absolute atomic E-state index is 13.5. The Kier molecular flexibility index (Phi) is 15.0. The van der Waals surface area contributed by atoms with E-state index in [1.165, 1.54) is 105 Å². The zero-order chi connectivity index (χ0) is 37.0. The number of carbonyl (C=O) groups is 2. The summed E-state index contributed by atoms with van der Waals surface area (Å²) < 4.78 is 6.00. The third-order valence-electron chi connectivity index (χ3n) is 11.4. The smallest absolute Gasteiger partial charge is 0.343 e. The summed E-state index contributed by atoms with van der Waals surface area (Å²) in [5.74, 6) is -0.651. The summed E-state index contributed by atoms with van der Waals surface area (Å²) in [6.07, 6.45) is 27.3. The molecule has 1 fully saturated rings. The van der Waals surface area contributed by atoms with Crippen molar-refractivity contribution in [2.75, 3.05) is 31.1 Å². The van der Waals surface area contributed by atoms with E-state index in [1.807, 2.05) is 6.07 Å². The number of amides is 1. The third-order valence-corrected chi connectivity index (χ3v) is 11.8. The van der Waals surface area contributed by atoms with Gasteiger partial charge < -0.3 is 19.3 Å². The van der Waals surface area contributed by atoms with Gasteiger partial charge in [0, 0.05) is 36.3 Å². The summed E-state index contributed by atoms with van der Waals surface area (Å²) in [6.45, 7) is 8.85. The number of thiocarbonyl (C=S) groups is 1. The first-order valence-electron chi connectivity index (χ1n) is 20.3. The maximum Gasteiger partial charge on any atom is 0.343 e. The van der Waals surface area contributed by atoms with Crippen LogP contribution in [0.2, 0.25) is 0 Å². The minimum absolute atomic E-state index is 0.201. The Hall–Kier alpha value is -3.46. The van der Waals surface area contributed by atoms with Crippen molar-refractivity contribution >= 4 is 51.9 Å². The zero-order valence-electron chi connectivity index (χ0n) is 31.9. The predicted octanol–water partition coefficient (Wildman–Crippen LogP) is 10.3. The van der Waals surface area contributed by atoms with E-state index >= 15 is 0 Å². The topological polar surface area (TPSA) is 94.3 Å². The van der Waals surface area contributed by atoms with Crippen molar-refractivity contribution in [3.05, 3.63) is 57.1 Å². The molecule has 4 heterocycles. The fourth-order valence-electron chi connectivity index (χ4n) is 8.25. The van der Waals surface area contributed by atoms with E-state index in [1.54, 1.807) is 18.2 Å². The fourth-order valence-corrected chi connectivity index (χ4v) is 8.59. The first kappa shape index (κ1) is 39.7. The number of rotatable bonds is 21. The summed E-state index contributed by atoms with van der Waals surface area (Å²) in [7, 11) is 0. The van der Waals surface area contributed by atoms with Gasteiger partial charge in [-0.2, -0.15) is 0 Å². The standard InChI is InChI=1S/C43H61N3O5S/c1-4-5-6-7-8-9-10-11-12-13-14-15-16-17-18-19-25-45-41(49)36(46(43(45)52)30-37(47)48)22-20-21-33-28-34-29-35-31(2)23-26-44-27-24-32(3)38(39(35)44)40(34)51-42(33)50/h20-22,28-29,31-32H,4-19,23-27,30H2,1-3H3,(H,47,48). The number of carboxylic acids is 1. The Morgan fingerprint density at radius 3 is 2.02 bits per heavy atom. The zero-order valence-corrected chi connectivity index (χ0v) is 32.7. The molecular weight excluding hydrogens is 671 g/mol. The Balaban J connectivity index is 1.13. The normalized spacial score (nSPS) is 19.5. The molecular formula is C43H61N3O5S. The molecule has 2 unspecified atom stereocenters. The van der Waals surface area contributed by atoms with Gasteiger partial charge in [-0.1, -0.05) is 123 Å². The fraction of sp³-hybridized carbons (Fsp3) is 0.628. The van der Waals surface area contributed by atoms with E-state index in [0.29, 0.717) is 29.5 Å². The molecule has 0 saturated carbocycles. The van der Waals surface area contributed by atoms with Crippen LogP contribution in [-0.4, -0.2) is 58.1 Å². The molecule has 2 atom stereocenters. The van der Waals surface area contributed by atoms with E-state index in [-0.39, 0.29) is 16.7 Å². The molecule has 1 aromatic carbocycles. The Labute approximate surface area is 316 Å². The maximum atomic E-state index is 13.5. The van der Waals surface area contributed by atoms with Crippen LogP contribution in [0.5, 0.6) is 0 Å². The van der Waals surface area contributed by atoms with E-state index in [4.69, 9.17) is 16.6 Å². The lowest BCUT2D eigenvalue weighted by Gasteiger charge is -2.41. The van der Waals surface area contributed by atoms with E-state index < -0.39 is 18.1 Å². The SMILES string of the molecule is CCCCCCCCCCCCCCCCCCN1C(=O)C(=CC=Cc2cc3cc4c5c(c3oc2=O)C(C)CCN5CCC4C)N(CC(=O)O)C1=S. The number of allylic oxidation sites excluding steroid dienone is 2. The first-order valence-corrected chi connectivity index (χ1v) is 20.7. The van der Waals surface area contributed by atoms with Crippen molar-refractivity contribution in [2.24, 2.45) is 0 Å². The lowest BCUT2D eigenvalue weighted by atomic mass is 9.81. The van der Waals surface area contributed by atoms with Crippen molar-refractivity contribution in [3.63, 3.8) is 0 Å². The van der Waals surface area contributed by atoms with Crippen LogP contribution in [0, 0.1) is 0 Å². The Morgan fingerprint density at radius 2 is 1.42 bits per heavy atom. The molecule has 1 aromatic heterocycles. The second kappa shape index (κ2) is 19.6. The van der Waals surface area contributed by atoms with Crippen molar-refractivity contribution in [1.29, 1.82) is 0 Å². The molecule has 2 aromatic rings. The highest BCUT2D eigenvalue weighted by Gasteiger charge is 2.38. The number of anilines is 1. The molecule has 3 aliphatic rings. The van der Waals surface area contributed by atoms with Crippen LogP contribution in [0.1, 0.15) is 165 Å². The summed E-state index contributed by atoms with van der Waals surface area (Å²) >= 11 is 5.60.